The van der Waals surface area contributed by atoms with E-state index >= 15 is 0 Å². The molecule has 0 bridgehead atoms. The van der Waals surface area contributed by atoms with Gasteiger partial charge in [0.2, 0.25) is 5.91 Å². The minimum absolute atomic E-state index is 0.0260. The lowest BCUT2D eigenvalue weighted by Crippen LogP contribution is -2.45. The van der Waals surface area contributed by atoms with E-state index in [0.29, 0.717) is 19.4 Å². The summed E-state index contributed by atoms with van der Waals surface area (Å²) in [4.78, 5) is 24.6. The minimum atomic E-state index is -0.842. The van der Waals surface area contributed by atoms with Gasteiger partial charge in [0.1, 0.15) is 0 Å². The van der Waals surface area contributed by atoms with Crippen LogP contribution in [0.3, 0.4) is 0 Å². The van der Waals surface area contributed by atoms with E-state index in [0.717, 1.165) is 38.5 Å². The van der Waals surface area contributed by atoms with Crippen LogP contribution in [0.15, 0.2) is 12.2 Å². The summed E-state index contributed by atoms with van der Waals surface area (Å²) in [6, 6.07) is -0.625. The average molecular weight is 1270 g/mol. The molecule has 0 aromatic rings. The maximum Gasteiger partial charge on any atom is 0.305 e. The first-order valence-electron chi connectivity index (χ1n) is 42.0. The zero-order chi connectivity index (χ0) is 64.9. The van der Waals surface area contributed by atoms with Gasteiger partial charge in [-0.15, -0.1) is 0 Å². The van der Waals surface area contributed by atoms with Crippen molar-refractivity contribution < 1.29 is 24.5 Å². The molecule has 0 aliphatic carbocycles. The summed E-state index contributed by atoms with van der Waals surface area (Å²) in [5.41, 5.74) is 0. The van der Waals surface area contributed by atoms with Crippen LogP contribution in [0, 0.1) is 0 Å². The fraction of sp³-hybridized carbons (Fsp3) is 0.952. The van der Waals surface area contributed by atoms with Gasteiger partial charge in [-0.2, -0.15) is 0 Å². The van der Waals surface area contributed by atoms with Gasteiger partial charge in [0.25, 0.3) is 0 Å². The maximum absolute atomic E-state index is 12.6. The summed E-state index contributed by atoms with van der Waals surface area (Å²) in [5.74, 6) is -0.0306. The van der Waals surface area contributed by atoms with Gasteiger partial charge in [-0.1, -0.05) is 456 Å². The maximum atomic E-state index is 12.6. The molecule has 0 rings (SSSR count). The van der Waals surface area contributed by atoms with Crippen LogP contribution < -0.4 is 5.32 Å². The molecule has 0 radical (unpaired) electrons. The second-order valence-corrected chi connectivity index (χ2v) is 29.2. The van der Waals surface area contributed by atoms with Crippen LogP contribution in [0.5, 0.6) is 0 Å². The van der Waals surface area contributed by atoms with Gasteiger partial charge in [-0.3, -0.25) is 9.59 Å². The largest absolute Gasteiger partial charge is 0.466 e. The Morgan fingerprint density at radius 1 is 0.300 bits per heavy atom. The van der Waals surface area contributed by atoms with Gasteiger partial charge in [0.15, 0.2) is 0 Å². The quantitative estimate of drug-likeness (QED) is 0.0320. The molecule has 90 heavy (non-hydrogen) atoms. The first-order valence-corrected chi connectivity index (χ1v) is 42.0. The van der Waals surface area contributed by atoms with Crippen LogP contribution in [0.2, 0.25) is 0 Å². The van der Waals surface area contributed by atoms with Crippen molar-refractivity contribution in [3.8, 4) is 0 Å². The highest BCUT2D eigenvalue weighted by molar-refractivity contribution is 5.76. The van der Waals surface area contributed by atoms with Crippen LogP contribution in [0.1, 0.15) is 489 Å². The highest BCUT2D eigenvalue weighted by Gasteiger charge is 2.18. The van der Waals surface area contributed by atoms with Crippen molar-refractivity contribution in [3.05, 3.63) is 12.2 Å². The monoisotopic (exact) mass is 1270 g/mol. The van der Waals surface area contributed by atoms with E-state index in [9.17, 15) is 19.8 Å². The normalized spacial score (nSPS) is 12.4. The summed E-state index contributed by atoms with van der Waals surface area (Å²) in [5, 5.41) is 23.3. The molecule has 0 aliphatic heterocycles. The third kappa shape index (κ3) is 75.6. The Labute approximate surface area is 565 Å². The van der Waals surface area contributed by atoms with Crippen LogP contribution in [0.4, 0.5) is 0 Å². The Kier molecular flexibility index (Phi) is 78.8. The Balaban J connectivity index is 3.33. The summed E-state index contributed by atoms with van der Waals surface area (Å²) in [6.07, 6.45) is 102. The Bertz CT molecular complexity index is 1370. The number of amides is 1. The lowest BCUT2D eigenvalue weighted by molar-refractivity contribution is -0.143. The van der Waals surface area contributed by atoms with E-state index in [1.165, 1.54) is 424 Å². The third-order valence-electron chi connectivity index (χ3n) is 20.1. The second-order valence-electron chi connectivity index (χ2n) is 29.2. The van der Waals surface area contributed by atoms with Crippen molar-refractivity contribution in [2.45, 2.75) is 501 Å². The molecular weight excluding hydrogens is 1100 g/mol. The number of allylic oxidation sites excluding steroid dienone is 1. The third-order valence-corrected chi connectivity index (χ3v) is 20.1. The minimum Gasteiger partial charge on any atom is -0.466 e. The number of carbonyl (C=O) groups excluding carboxylic acids is 2. The summed E-state index contributed by atoms with van der Waals surface area (Å²) in [6.45, 7) is 4.97. The number of esters is 1. The van der Waals surface area contributed by atoms with Gasteiger partial charge in [0.05, 0.1) is 25.4 Å². The predicted molar refractivity (Wildman–Crippen MR) is 398 cm³/mol. The Morgan fingerprint density at radius 3 is 0.756 bits per heavy atom. The Hall–Kier alpha value is -1.40. The van der Waals surface area contributed by atoms with E-state index in [-0.39, 0.29) is 18.5 Å². The number of unbranched alkanes of at least 4 members (excludes halogenated alkanes) is 69. The molecule has 2 unspecified atom stereocenters. The predicted octanol–water partition coefficient (Wildman–Crippen LogP) is 27.8. The molecule has 0 fully saturated rings. The fourth-order valence-corrected chi connectivity index (χ4v) is 13.7. The topological polar surface area (TPSA) is 95.9 Å². The van der Waals surface area contributed by atoms with E-state index < -0.39 is 12.1 Å². The highest BCUT2D eigenvalue weighted by Crippen LogP contribution is 2.21. The molecular formula is C84H165NO5. The van der Waals surface area contributed by atoms with Gasteiger partial charge in [-0.25, -0.2) is 0 Å². The molecule has 0 aromatic heterocycles. The van der Waals surface area contributed by atoms with Gasteiger partial charge in [-0.05, 0) is 32.1 Å². The molecule has 0 heterocycles. The summed E-state index contributed by atoms with van der Waals surface area (Å²) >= 11 is 0. The standard InChI is InChI=1S/C84H165NO5/c1-3-5-7-9-11-13-15-17-19-20-21-22-23-37-40-43-46-49-52-56-60-64-68-72-76-82(87)81(80-86)85-83(88)77-73-69-65-61-57-53-50-47-44-41-38-35-33-31-29-27-25-24-26-28-30-32-34-36-39-42-45-48-51-55-59-63-67-71-75-79-90-84(89)78-74-70-66-62-58-54-18-16-14-12-10-8-6-4-2/h72,76,81-82,86-87H,3-71,73-75,77-80H2,1-2H3,(H,85,88)/b76-72+. The molecule has 0 aromatic carbocycles. The van der Waals surface area contributed by atoms with Crippen LogP contribution in [0.25, 0.3) is 0 Å². The van der Waals surface area contributed by atoms with E-state index in [2.05, 4.69) is 19.2 Å². The lowest BCUT2D eigenvalue weighted by Gasteiger charge is -2.20. The van der Waals surface area contributed by atoms with Crippen molar-refractivity contribution in [1.82, 2.24) is 5.32 Å². The van der Waals surface area contributed by atoms with Crippen molar-refractivity contribution in [3.63, 3.8) is 0 Å². The molecule has 0 spiro atoms. The molecule has 0 saturated heterocycles. The number of hydrogen-bond acceptors (Lipinski definition) is 5. The Morgan fingerprint density at radius 2 is 0.511 bits per heavy atom. The number of aliphatic hydroxyl groups is 2. The summed E-state index contributed by atoms with van der Waals surface area (Å²) < 4.78 is 5.51. The molecule has 0 aliphatic rings. The number of carbonyl (C=O) groups is 2. The number of nitrogens with one attached hydrogen (secondary N) is 1. The zero-order valence-electron chi connectivity index (χ0n) is 61.7. The molecule has 2 atom stereocenters. The smallest absolute Gasteiger partial charge is 0.305 e. The zero-order valence-corrected chi connectivity index (χ0v) is 61.7. The number of rotatable bonds is 80. The van der Waals surface area contributed by atoms with Crippen LogP contribution in [-0.4, -0.2) is 47.4 Å². The van der Waals surface area contributed by atoms with E-state index in [4.69, 9.17) is 4.74 Å². The van der Waals surface area contributed by atoms with E-state index in [1.807, 2.05) is 6.08 Å². The fourth-order valence-electron chi connectivity index (χ4n) is 13.7. The van der Waals surface area contributed by atoms with Crippen molar-refractivity contribution in [1.29, 1.82) is 0 Å². The molecule has 1 amide bonds. The van der Waals surface area contributed by atoms with Crippen molar-refractivity contribution >= 4 is 11.9 Å². The van der Waals surface area contributed by atoms with Crippen LogP contribution in [-0.2, 0) is 14.3 Å². The number of ether oxygens (including phenoxy) is 1. The average Bonchev–Trinajstić information content (AvgIpc) is 3.69. The SMILES string of the molecule is CCCCCCCCCCCCCCCCCCCCCCCC/C=C/C(O)C(CO)NC(=O)CCCCCCCCCCCCCCCCCCCCCCCCCCCCCCCCCCCCCOC(=O)CCCCCCCCCCCCCCCC. The van der Waals surface area contributed by atoms with Gasteiger partial charge in [0, 0.05) is 12.8 Å². The second kappa shape index (κ2) is 80.0. The van der Waals surface area contributed by atoms with Crippen LogP contribution >= 0.6 is 0 Å². The molecule has 0 saturated carbocycles. The number of aliphatic hydroxyl groups excluding tert-OH is 2. The molecule has 6 heteroatoms. The first kappa shape index (κ1) is 88.6. The van der Waals surface area contributed by atoms with Crippen molar-refractivity contribution in [2.24, 2.45) is 0 Å². The lowest BCUT2D eigenvalue weighted by atomic mass is 10.0. The number of hydrogen-bond donors (Lipinski definition) is 3. The van der Waals surface area contributed by atoms with Crippen molar-refractivity contribution in [2.75, 3.05) is 13.2 Å². The molecule has 6 nitrogen and oxygen atoms in total. The molecule has 3 N–H and O–H groups in total. The van der Waals surface area contributed by atoms with E-state index in [1.54, 1.807) is 6.08 Å². The van der Waals surface area contributed by atoms with Gasteiger partial charge >= 0.3 is 5.97 Å². The summed E-state index contributed by atoms with van der Waals surface area (Å²) in [7, 11) is 0. The first-order chi connectivity index (χ1) is 44.5. The molecule has 536 valence electrons. The highest BCUT2D eigenvalue weighted by atomic mass is 16.5. The van der Waals surface area contributed by atoms with Gasteiger partial charge < -0.3 is 20.3 Å².